The Hall–Kier alpha value is -4.38. The molecule has 7 nitrogen and oxygen atoms in total. The molecule has 0 spiro atoms. The fourth-order valence-corrected chi connectivity index (χ4v) is 4.79. The van der Waals surface area contributed by atoms with Crippen molar-refractivity contribution in [2.75, 3.05) is 17.2 Å². The molecule has 11 heteroatoms. The molecule has 1 aliphatic rings. The number of allylic oxidation sites excluding steroid dienone is 1. The van der Waals surface area contributed by atoms with Crippen LogP contribution < -0.4 is 15.4 Å². The molecule has 0 bridgehead atoms. The van der Waals surface area contributed by atoms with Crippen molar-refractivity contribution in [3.05, 3.63) is 95.1 Å². The standard InChI is InChI=1S/C30H29F3N6OS/c1-21(2)18-24-6-3-4-7-27(24)39-16-5-17-41-29(39)38-37-19-22-8-10-23(11-9-22)28(34)36-20-35-25-12-14-26(15-13-25)40-30(31,32)33/h3-4,6-15,18-20H,5,16-17H2,1-2H3,(H2,34,35,36)/b37-19-,38-29+. The third-order valence-corrected chi connectivity index (χ3v) is 6.74. The molecule has 3 aromatic carbocycles. The van der Waals surface area contributed by atoms with Crippen LogP contribution in [0.15, 0.2) is 98.6 Å². The number of amidine groups is 2. The lowest BCUT2D eigenvalue weighted by molar-refractivity contribution is -0.274. The number of para-hydroxylation sites is 1. The molecule has 1 heterocycles. The summed E-state index contributed by atoms with van der Waals surface area (Å²) < 4.78 is 40.7. The number of ether oxygens (including phenoxy) is 1. The number of halogens is 3. The van der Waals surface area contributed by atoms with Gasteiger partial charge in [0, 0.05) is 17.9 Å². The number of rotatable bonds is 8. The Morgan fingerprint density at radius 1 is 1.00 bits per heavy atom. The Kier molecular flexibility index (Phi) is 9.96. The van der Waals surface area contributed by atoms with Crippen LogP contribution in [0.5, 0.6) is 5.75 Å². The largest absolute Gasteiger partial charge is 0.573 e. The van der Waals surface area contributed by atoms with Crippen LogP contribution in [0.1, 0.15) is 37.0 Å². The third-order valence-electron chi connectivity index (χ3n) is 5.69. The van der Waals surface area contributed by atoms with Crippen LogP contribution in [0.25, 0.3) is 6.08 Å². The highest BCUT2D eigenvalue weighted by atomic mass is 32.2. The molecular weight excluding hydrogens is 549 g/mol. The third kappa shape index (κ3) is 9.07. The first-order valence-electron chi connectivity index (χ1n) is 12.8. The van der Waals surface area contributed by atoms with E-state index < -0.39 is 6.36 Å². The predicted octanol–water partition coefficient (Wildman–Crippen LogP) is 7.41. The molecule has 0 saturated carbocycles. The molecule has 0 amide bonds. The smallest absolute Gasteiger partial charge is 0.406 e. The van der Waals surface area contributed by atoms with Crippen LogP contribution in [0.3, 0.4) is 0 Å². The molecule has 0 unspecified atom stereocenters. The minimum absolute atomic E-state index is 0.235. The van der Waals surface area contributed by atoms with Gasteiger partial charge in [0.15, 0.2) is 5.17 Å². The zero-order valence-electron chi connectivity index (χ0n) is 22.5. The molecule has 0 aromatic heterocycles. The predicted molar refractivity (Wildman–Crippen MR) is 164 cm³/mol. The van der Waals surface area contributed by atoms with E-state index in [9.17, 15) is 13.2 Å². The van der Waals surface area contributed by atoms with Crippen LogP contribution in [0.2, 0.25) is 0 Å². The SMILES string of the molecule is CC(C)=Cc1ccccc1N1CCCS/C1=N/N=C\c1ccc(C(N)=NC=Nc2ccc(OC(F)(F)F)cc2)cc1. The number of aliphatic imine (C=N–C) groups is 2. The van der Waals surface area contributed by atoms with E-state index in [-0.39, 0.29) is 11.6 Å². The second-order valence-electron chi connectivity index (χ2n) is 9.18. The fraction of sp³-hybridized carbons (Fsp3) is 0.200. The van der Waals surface area contributed by atoms with Gasteiger partial charge in [-0.1, -0.05) is 65.9 Å². The summed E-state index contributed by atoms with van der Waals surface area (Å²) in [6.07, 6.45) is 1.42. The molecule has 0 atom stereocenters. The van der Waals surface area contributed by atoms with E-state index in [4.69, 9.17) is 5.73 Å². The van der Waals surface area contributed by atoms with Crippen LogP contribution in [-0.4, -0.2) is 42.2 Å². The zero-order valence-corrected chi connectivity index (χ0v) is 23.4. The van der Waals surface area contributed by atoms with Gasteiger partial charge in [-0.15, -0.1) is 18.3 Å². The first kappa shape index (κ1) is 29.6. The van der Waals surface area contributed by atoms with Crippen molar-refractivity contribution < 1.29 is 17.9 Å². The van der Waals surface area contributed by atoms with Crippen molar-refractivity contribution in [1.82, 2.24) is 0 Å². The van der Waals surface area contributed by atoms with Gasteiger partial charge in [0.2, 0.25) is 0 Å². The highest BCUT2D eigenvalue weighted by molar-refractivity contribution is 8.14. The minimum atomic E-state index is -4.74. The highest BCUT2D eigenvalue weighted by Gasteiger charge is 2.30. The minimum Gasteiger partial charge on any atom is -0.406 e. The number of benzene rings is 3. The number of hydrogen-bond donors (Lipinski definition) is 1. The number of alkyl halides is 3. The number of nitrogens with zero attached hydrogens (tertiary/aromatic N) is 5. The second kappa shape index (κ2) is 13.8. The van der Waals surface area contributed by atoms with Gasteiger partial charge in [0.05, 0.1) is 17.6 Å². The second-order valence-corrected chi connectivity index (χ2v) is 10.2. The highest BCUT2D eigenvalue weighted by Crippen LogP contribution is 2.29. The van der Waals surface area contributed by atoms with E-state index in [1.807, 2.05) is 36.4 Å². The maximum atomic E-state index is 12.3. The lowest BCUT2D eigenvalue weighted by Gasteiger charge is -2.30. The molecule has 1 saturated heterocycles. The van der Waals surface area contributed by atoms with Crippen LogP contribution >= 0.6 is 11.8 Å². The van der Waals surface area contributed by atoms with E-state index in [1.165, 1.54) is 36.2 Å². The molecule has 212 valence electrons. The first-order chi connectivity index (χ1) is 19.7. The summed E-state index contributed by atoms with van der Waals surface area (Å²) in [5, 5.41) is 9.74. The van der Waals surface area contributed by atoms with Crippen LogP contribution in [-0.2, 0) is 0 Å². The topological polar surface area (TPSA) is 87.9 Å². The van der Waals surface area contributed by atoms with Crippen molar-refractivity contribution >= 4 is 52.8 Å². The van der Waals surface area contributed by atoms with E-state index in [0.29, 0.717) is 11.3 Å². The molecular formula is C30H29F3N6OS. The average Bonchev–Trinajstić information content (AvgIpc) is 2.94. The summed E-state index contributed by atoms with van der Waals surface area (Å²) in [5.41, 5.74) is 11.5. The quantitative estimate of drug-likeness (QED) is 0.171. The van der Waals surface area contributed by atoms with Gasteiger partial charge in [-0.2, -0.15) is 5.10 Å². The Labute approximate surface area is 241 Å². The summed E-state index contributed by atoms with van der Waals surface area (Å²) in [6, 6.07) is 20.7. The lowest BCUT2D eigenvalue weighted by Crippen LogP contribution is -2.34. The van der Waals surface area contributed by atoms with Gasteiger partial charge in [-0.05, 0) is 61.7 Å². The van der Waals surface area contributed by atoms with Crippen molar-refractivity contribution in [3.63, 3.8) is 0 Å². The Morgan fingerprint density at radius 3 is 2.44 bits per heavy atom. The van der Waals surface area contributed by atoms with E-state index in [2.05, 4.69) is 61.9 Å². The summed E-state index contributed by atoms with van der Waals surface area (Å²) in [4.78, 5) is 10.4. The van der Waals surface area contributed by atoms with E-state index in [0.717, 1.165) is 40.7 Å². The zero-order chi connectivity index (χ0) is 29.2. The summed E-state index contributed by atoms with van der Waals surface area (Å²) in [6.45, 7) is 5.05. The summed E-state index contributed by atoms with van der Waals surface area (Å²) >= 11 is 1.69. The van der Waals surface area contributed by atoms with Crippen molar-refractivity contribution in [3.8, 4) is 5.75 Å². The van der Waals surface area contributed by atoms with Gasteiger partial charge in [-0.25, -0.2) is 9.98 Å². The van der Waals surface area contributed by atoms with Crippen molar-refractivity contribution in [2.45, 2.75) is 26.6 Å². The van der Waals surface area contributed by atoms with Gasteiger partial charge in [0.25, 0.3) is 0 Å². The number of hydrogen-bond acceptors (Lipinski definition) is 5. The van der Waals surface area contributed by atoms with Gasteiger partial charge in [0.1, 0.15) is 17.9 Å². The Balaban J connectivity index is 1.40. The Bertz CT molecular complexity index is 1480. The van der Waals surface area contributed by atoms with E-state index >= 15 is 0 Å². The molecule has 4 rings (SSSR count). The summed E-state index contributed by atoms with van der Waals surface area (Å²) in [5.74, 6) is 0.900. The Morgan fingerprint density at radius 2 is 1.73 bits per heavy atom. The number of anilines is 1. The first-order valence-corrected chi connectivity index (χ1v) is 13.7. The maximum Gasteiger partial charge on any atom is 0.573 e. The van der Waals surface area contributed by atoms with Gasteiger partial charge < -0.3 is 15.4 Å². The molecule has 3 aromatic rings. The number of thioether (sulfide) groups is 1. The van der Waals surface area contributed by atoms with E-state index in [1.54, 1.807) is 18.0 Å². The monoisotopic (exact) mass is 578 g/mol. The molecule has 1 aliphatic heterocycles. The van der Waals surface area contributed by atoms with Crippen LogP contribution in [0, 0.1) is 0 Å². The van der Waals surface area contributed by atoms with Gasteiger partial charge in [-0.3, -0.25) is 0 Å². The maximum absolute atomic E-state index is 12.3. The van der Waals surface area contributed by atoms with Crippen molar-refractivity contribution in [2.24, 2.45) is 25.9 Å². The molecule has 0 aliphatic carbocycles. The summed E-state index contributed by atoms with van der Waals surface area (Å²) in [7, 11) is 0. The normalized spacial score (nSPS) is 15.6. The molecule has 1 fully saturated rings. The average molecular weight is 579 g/mol. The molecule has 2 N–H and O–H groups in total. The van der Waals surface area contributed by atoms with Crippen molar-refractivity contribution in [1.29, 1.82) is 0 Å². The van der Waals surface area contributed by atoms with Gasteiger partial charge >= 0.3 is 6.36 Å². The molecule has 41 heavy (non-hydrogen) atoms. The lowest BCUT2D eigenvalue weighted by atomic mass is 10.1. The van der Waals surface area contributed by atoms with Crippen LogP contribution in [0.4, 0.5) is 24.5 Å². The fourth-order valence-electron chi connectivity index (χ4n) is 3.88. The molecule has 0 radical (unpaired) electrons. The number of nitrogens with two attached hydrogens (primary N) is 1.